The molecule has 0 unspecified atom stereocenters. The summed E-state index contributed by atoms with van der Waals surface area (Å²) in [6.07, 6.45) is 4.17. The van der Waals surface area contributed by atoms with E-state index in [1.807, 2.05) is 47.1 Å². The predicted molar refractivity (Wildman–Crippen MR) is 126 cm³/mol. The number of carbonyl (C=O) groups is 2. The van der Waals surface area contributed by atoms with Gasteiger partial charge in [-0.3, -0.25) is 9.20 Å². The van der Waals surface area contributed by atoms with Crippen molar-refractivity contribution in [2.75, 3.05) is 32.8 Å². The van der Waals surface area contributed by atoms with Crippen molar-refractivity contribution in [2.24, 2.45) is 0 Å². The third kappa shape index (κ3) is 4.28. The molecule has 1 saturated heterocycles. The first-order chi connectivity index (χ1) is 16.5. The van der Waals surface area contributed by atoms with Crippen molar-refractivity contribution in [3.05, 3.63) is 53.6 Å². The van der Waals surface area contributed by atoms with Crippen LogP contribution in [0, 0.1) is 0 Å². The van der Waals surface area contributed by atoms with Gasteiger partial charge in [0.25, 0.3) is 0 Å². The van der Waals surface area contributed by atoms with E-state index >= 15 is 0 Å². The lowest BCUT2D eigenvalue weighted by Crippen LogP contribution is -2.50. The quantitative estimate of drug-likeness (QED) is 0.434. The van der Waals surface area contributed by atoms with Gasteiger partial charge in [-0.05, 0) is 25.1 Å². The van der Waals surface area contributed by atoms with Crippen molar-refractivity contribution in [3.63, 3.8) is 0 Å². The van der Waals surface area contributed by atoms with Gasteiger partial charge in [0.05, 0.1) is 12.3 Å². The van der Waals surface area contributed by atoms with Gasteiger partial charge in [0.1, 0.15) is 11.3 Å². The number of nitrogens with zero attached hydrogens (tertiary/aromatic N) is 7. The van der Waals surface area contributed by atoms with E-state index in [0.717, 1.165) is 16.8 Å². The van der Waals surface area contributed by atoms with Crippen LogP contribution in [-0.2, 0) is 16.0 Å². The Morgan fingerprint density at radius 3 is 2.50 bits per heavy atom. The fraction of sp³-hybridized carbons (Fsp3) is 0.348. The third-order valence-electron chi connectivity index (χ3n) is 5.95. The highest BCUT2D eigenvalue weighted by atomic mass is 35.5. The molecule has 176 valence electrons. The zero-order chi connectivity index (χ0) is 23.7. The largest absolute Gasteiger partial charge is 0.450 e. The molecule has 0 saturated carbocycles. The molecule has 0 bridgehead atoms. The van der Waals surface area contributed by atoms with Gasteiger partial charge in [-0.15, -0.1) is 10.2 Å². The SMILES string of the molecule is CCOC(=O)N1CCN(C(=O)CCc2nnc3c4cc(-c5ccc(Cl)cc5)nn4ccn23)CC1. The summed E-state index contributed by atoms with van der Waals surface area (Å²) < 4.78 is 8.70. The molecule has 0 spiro atoms. The summed E-state index contributed by atoms with van der Waals surface area (Å²) >= 11 is 6.00. The Labute approximate surface area is 200 Å². The van der Waals surface area contributed by atoms with E-state index in [-0.39, 0.29) is 12.0 Å². The summed E-state index contributed by atoms with van der Waals surface area (Å²) in [4.78, 5) is 28.0. The van der Waals surface area contributed by atoms with Crippen LogP contribution in [0.15, 0.2) is 42.7 Å². The number of amides is 2. The van der Waals surface area contributed by atoms with E-state index in [1.54, 1.807) is 21.2 Å². The highest BCUT2D eigenvalue weighted by Crippen LogP contribution is 2.23. The van der Waals surface area contributed by atoms with Crippen LogP contribution in [0.5, 0.6) is 0 Å². The monoisotopic (exact) mass is 481 g/mol. The topological polar surface area (TPSA) is 97.3 Å². The number of carbonyl (C=O) groups excluding carboxylic acids is 2. The summed E-state index contributed by atoms with van der Waals surface area (Å²) in [5.74, 6) is 0.751. The van der Waals surface area contributed by atoms with E-state index < -0.39 is 0 Å². The molecule has 0 atom stereocenters. The summed E-state index contributed by atoms with van der Waals surface area (Å²) in [6.45, 7) is 4.09. The predicted octanol–water partition coefficient (Wildman–Crippen LogP) is 2.93. The van der Waals surface area contributed by atoms with Crippen LogP contribution in [-0.4, -0.2) is 78.8 Å². The Balaban J connectivity index is 1.27. The molecule has 10 nitrogen and oxygen atoms in total. The average Bonchev–Trinajstić information content (AvgIpc) is 3.47. The van der Waals surface area contributed by atoms with Crippen molar-refractivity contribution >= 4 is 34.8 Å². The maximum Gasteiger partial charge on any atom is 0.409 e. The molecule has 0 N–H and O–H groups in total. The molecule has 3 aromatic heterocycles. The first-order valence-electron chi connectivity index (χ1n) is 11.2. The van der Waals surface area contributed by atoms with Crippen molar-refractivity contribution in [2.45, 2.75) is 19.8 Å². The van der Waals surface area contributed by atoms with Crippen molar-refractivity contribution in [3.8, 4) is 11.3 Å². The molecule has 1 aliphatic heterocycles. The highest BCUT2D eigenvalue weighted by Gasteiger charge is 2.25. The normalized spacial score (nSPS) is 14.2. The minimum absolute atomic E-state index is 0.0377. The van der Waals surface area contributed by atoms with Crippen LogP contribution >= 0.6 is 11.6 Å². The fourth-order valence-electron chi connectivity index (χ4n) is 4.12. The number of halogens is 1. The number of piperazine rings is 1. The Hall–Kier alpha value is -3.66. The number of hydrogen-bond donors (Lipinski definition) is 0. The molecular formula is C23H24ClN7O3. The second-order valence-electron chi connectivity index (χ2n) is 8.04. The summed E-state index contributed by atoms with van der Waals surface area (Å²) in [6, 6.07) is 9.48. The zero-order valence-corrected chi connectivity index (χ0v) is 19.5. The first-order valence-corrected chi connectivity index (χ1v) is 11.6. The third-order valence-corrected chi connectivity index (χ3v) is 6.20. The highest BCUT2D eigenvalue weighted by molar-refractivity contribution is 6.30. The standard InChI is InChI=1S/C23H24ClN7O3/c1-2-34-23(33)29-11-9-28(10-12-29)21(32)8-7-20-25-26-22-19-15-18(16-3-5-17(24)6-4-16)27-31(19)14-13-30(20)22/h3-6,13-15H,2,7-12H2,1H3. The number of fused-ring (bicyclic) bond motifs is 3. The molecule has 2 amide bonds. The number of aromatic nitrogens is 5. The second kappa shape index (κ2) is 9.30. The smallest absolute Gasteiger partial charge is 0.409 e. The molecule has 4 heterocycles. The lowest BCUT2D eigenvalue weighted by atomic mass is 10.1. The molecule has 34 heavy (non-hydrogen) atoms. The molecule has 0 radical (unpaired) electrons. The summed E-state index contributed by atoms with van der Waals surface area (Å²) in [5, 5.41) is 14.0. The number of benzene rings is 1. The lowest BCUT2D eigenvalue weighted by Gasteiger charge is -2.34. The van der Waals surface area contributed by atoms with Gasteiger partial charge in [-0.1, -0.05) is 23.7 Å². The maximum atomic E-state index is 12.7. The average molecular weight is 482 g/mol. The van der Waals surface area contributed by atoms with Gasteiger partial charge in [0.15, 0.2) is 5.65 Å². The molecule has 4 aromatic rings. The van der Waals surface area contributed by atoms with E-state index in [4.69, 9.17) is 16.3 Å². The van der Waals surface area contributed by atoms with Crippen LogP contribution in [0.4, 0.5) is 4.79 Å². The molecule has 11 heteroatoms. The Morgan fingerprint density at radius 2 is 1.76 bits per heavy atom. The Morgan fingerprint density at radius 1 is 1.03 bits per heavy atom. The van der Waals surface area contributed by atoms with E-state index in [2.05, 4.69) is 15.3 Å². The van der Waals surface area contributed by atoms with Crippen LogP contribution in [0.25, 0.3) is 22.4 Å². The minimum atomic E-state index is -0.324. The summed E-state index contributed by atoms with van der Waals surface area (Å²) in [5.41, 5.74) is 3.28. The van der Waals surface area contributed by atoms with E-state index in [0.29, 0.717) is 62.1 Å². The lowest BCUT2D eigenvalue weighted by molar-refractivity contribution is -0.132. The van der Waals surface area contributed by atoms with Crippen LogP contribution in [0.1, 0.15) is 19.2 Å². The van der Waals surface area contributed by atoms with Crippen molar-refractivity contribution in [1.82, 2.24) is 34.0 Å². The van der Waals surface area contributed by atoms with Crippen LogP contribution in [0.2, 0.25) is 5.02 Å². The van der Waals surface area contributed by atoms with Gasteiger partial charge in [0, 0.05) is 62.0 Å². The number of aryl methyl sites for hydroxylation is 1. The molecule has 1 aliphatic rings. The van der Waals surface area contributed by atoms with Gasteiger partial charge in [-0.2, -0.15) is 5.10 Å². The number of rotatable bonds is 5. The Kier molecular flexibility index (Phi) is 6.06. The van der Waals surface area contributed by atoms with Crippen LogP contribution in [0.3, 0.4) is 0 Å². The molecular weight excluding hydrogens is 458 g/mol. The fourth-order valence-corrected chi connectivity index (χ4v) is 4.25. The molecule has 5 rings (SSSR count). The van der Waals surface area contributed by atoms with Crippen molar-refractivity contribution < 1.29 is 14.3 Å². The molecule has 0 aliphatic carbocycles. The molecule has 1 fully saturated rings. The van der Waals surface area contributed by atoms with Gasteiger partial charge in [-0.25, -0.2) is 9.31 Å². The maximum absolute atomic E-state index is 12.7. The van der Waals surface area contributed by atoms with E-state index in [9.17, 15) is 9.59 Å². The van der Waals surface area contributed by atoms with E-state index in [1.165, 1.54) is 0 Å². The second-order valence-corrected chi connectivity index (χ2v) is 8.48. The summed E-state index contributed by atoms with van der Waals surface area (Å²) in [7, 11) is 0. The van der Waals surface area contributed by atoms with Gasteiger partial charge < -0.3 is 14.5 Å². The van der Waals surface area contributed by atoms with Crippen LogP contribution < -0.4 is 0 Å². The van der Waals surface area contributed by atoms with Gasteiger partial charge in [0.2, 0.25) is 5.91 Å². The number of hydrogen-bond acceptors (Lipinski definition) is 6. The molecule has 1 aromatic carbocycles. The minimum Gasteiger partial charge on any atom is -0.450 e. The van der Waals surface area contributed by atoms with Crippen molar-refractivity contribution in [1.29, 1.82) is 0 Å². The Bertz CT molecular complexity index is 1340. The van der Waals surface area contributed by atoms with Gasteiger partial charge >= 0.3 is 6.09 Å². The first kappa shape index (κ1) is 22.1. The number of ether oxygens (including phenoxy) is 1. The zero-order valence-electron chi connectivity index (χ0n) is 18.7.